The number of amidine groups is 1. The summed E-state index contributed by atoms with van der Waals surface area (Å²) in [4.78, 5) is 4.44. The monoisotopic (exact) mass is 298 g/mol. The van der Waals surface area contributed by atoms with Crippen molar-refractivity contribution in [1.82, 2.24) is 15.5 Å². The summed E-state index contributed by atoms with van der Waals surface area (Å²) in [6.07, 6.45) is 12.8. The van der Waals surface area contributed by atoms with Gasteiger partial charge in [0.05, 0.1) is 18.2 Å². The maximum absolute atomic E-state index is 5.97. The fourth-order valence-electron chi connectivity index (χ4n) is 3.12. The minimum absolute atomic E-state index is 0.364. The Balaban J connectivity index is 1.50. The molecule has 0 unspecified atom stereocenters. The van der Waals surface area contributed by atoms with Crippen molar-refractivity contribution in [3.05, 3.63) is 36.1 Å². The molecule has 7 nitrogen and oxygen atoms in total. The Bertz CT molecular complexity index is 673. The van der Waals surface area contributed by atoms with Crippen LogP contribution in [0.25, 0.3) is 5.70 Å². The lowest BCUT2D eigenvalue weighted by atomic mass is 9.92. The van der Waals surface area contributed by atoms with Crippen LogP contribution in [0.3, 0.4) is 0 Å². The lowest BCUT2D eigenvalue weighted by Crippen LogP contribution is -2.37. The van der Waals surface area contributed by atoms with Gasteiger partial charge in [-0.1, -0.05) is 9.81 Å². The zero-order chi connectivity index (χ0) is 14.9. The van der Waals surface area contributed by atoms with Gasteiger partial charge in [0.1, 0.15) is 0 Å². The van der Waals surface area contributed by atoms with Gasteiger partial charge in [-0.3, -0.25) is 5.10 Å². The number of nitrogens with one attached hydrogen (secondary N) is 2. The van der Waals surface area contributed by atoms with Crippen LogP contribution in [-0.2, 0) is 0 Å². The second-order valence-electron chi connectivity index (χ2n) is 6.01. The highest BCUT2D eigenvalue weighted by atomic mass is 15.4. The Hall–Kier alpha value is -2.28. The van der Waals surface area contributed by atoms with E-state index < -0.39 is 0 Å². The summed E-state index contributed by atoms with van der Waals surface area (Å²) in [5, 5.41) is 15.1. The second kappa shape index (κ2) is 5.49. The molecular weight excluding hydrogens is 278 g/mol. The van der Waals surface area contributed by atoms with E-state index in [0.717, 1.165) is 55.0 Å². The molecule has 0 bridgehead atoms. The predicted octanol–water partition coefficient (Wildman–Crippen LogP) is 1.69. The topological polar surface area (TPSA) is 94.5 Å². The van der Waals surface area contributed by atoms with Crippen LogP contribution in [0, 0.1) is 0 Å². The van der Waals surface area contributed by atoms with Crippen LogP contribution < -0.4 is 11.1 Å². The third-order valence-electron chi connectivity index (χ3n) is 4.41. The minimum atomic E-state index is 0.364. The molecule has 0 aromatic carbocycles. The van der Waals surface area contributed by atoms with E-state index in [0.29, 0.717) is 12.1 Å². The van der Waals surface area contributed by atoms with Crippen LogP contribution in [0.4, 0.5) is 0 Å². The Kier molecular flexibility index (Phi) is 3.34. The molecule has 0 radical (unpaired) electrons. The van der Waals surface area contributed by atoms with Gasteiger partial charge in [-0.25, -0.2) is 0 Å². The summed E-state index contributed by atoms with van der Waals surface area (Å²) in [5.41, 5.74) is 7.92. The van der Waals surface area contributed by atoms with E-state index in [9.17, 15) is 0 Å². The maximum Gasteiger partial charge on any atom is 0.328 e. The number of aromatic amines is 1. The quantitative estimate of drug-likeness (QED) is 0.741. The summed E-state index contributed by atoms with van der Waals surface area (Å²) in [5.74, 6) is 1.88. The van der Waals surface area contributed by atoms with Crippen molar-refractivity contribution in [3.8, 4) is 0 Å². The fraction of sp³-hybridized carbons (Fsp3) is 0.467. The number of nitrogens with zero attached hydrogens (tertiary/aromatic N) is 4. The number of rotatable bonds is 3. The van der Waals surface area contributed by atoms with Crippen molar-refractivity contribution >= 4 is 11.5 Å². The van der Waals surface area contributed by atoms with Crippen molar-refractivity contribution in [3.63, 3.8) is 0 Å². The first-order valence-corrected chi connectivity index (χ1v) is 7.79. The van der Waals surface area contributed by atoms with Gasteiger partial charge in [0.15, 0.2) is 12.0 Å². The second-order valence-corrected chi connectivity index (χ2v) is 6.01. The first-order chi connectivity index (χ1) is 10.8. The number of hydrogen-bond acceptors (Lipinski definition) is 5. The van der Waals surface area contributed by atoms with Gasteiger partial charge in [0.25, 0.3) is 0 Å². The van der Waals surface area contributed by atoms with Crippen molar-refractivity contribution < 1.29 is 4.70 Å². The van der Waals surface area contributed by atoms with E-state index in [-0.39, 0.29) is 0 Å². The van der Waals surface area contributed by atoms with Crippen LogP contribution >= 0.6 is 0 Å². The number of hydrogen-bond donors (Lipinski definition) is 3. The highest BCUT2D eigenvalue weighted by Gasteiger charge is 2.32. The molecule has 114 valence electrons. The molecule has 4 rings (SSSR count). The normalized spacial score (nSPS) is 27.5. The predicted molar refractivity (Wildman–Crippen MR) is 82.8 cm³/mol. The van der Waals surface area contributed by atoms with Gasteiger partial charge in [0, 0.05) is 18.3 Å². The van der Waals surface area contributed by atoms with Crippen molar-refractivity contribution in [2.45, 2.75) is 44.2 Å². The van der Waals surface area contributed by atoms with E-state index in [2.05, 4.69) is 26.6 Å². The standard InChI is InChI=1S/C15H20N7/c16-11-1-3-12(4-2-11)20-14-5-6-15-17-9-13(22(15)21-14)10-7-18-19-8-10/h5,7-9,11-12,20H,1-4,6,16H2,(H,18,19)/q+1. The molecule has 22 heavy (non-hydrogen) atoms. The third-order valence-corrected chi connectivity index (χ3v) is 4.41. The Morgan fingerprint density at radius 1 is 1.27 bits per heavy atom. The molecule has 1 aliphatic carbocycles. The number of fused-ring (bicyclic) bond motifs is 1. The summed E-state index contributed by atoms with van der Waals surface area (Å²) in [6.45, 7) is 0. The molecule has 1 saturated carbocycles. The van der Waals surface area contributed by atoms with Gasteiger partial charge >= 0.3 is 5.84 Å². The Morgan fingerprint density at radius 2 is 2.14 bits per heavy atom. The first kappa shape index (κ1) is 13.4. The highest BCUT2D eigenvalue weighted by Crippen LogP contribution is 2.26. The third kappa shape index (κ3) is 2.48. The SMILES string of the molecule is NC1CCC(NC2=CCC3=NC=C(c4cn[nH]c4)[N+]3=N2)CC1. The van der Waals surface area contributed by atoms with Crippen LogP contribution in [0.5, 0.6) is 0 Å². The summed E-state index contributed by atoms with van der Waals surface area (Å²) in [7, 11) is 0. The number of H-pyrrole nitrogens is 1. The molecule has 0 atom stereocenters. The molecule has 4 N–H and O–H groups in total. The van der Waals surface area contributed by atoms with Crippen molar-refractivity contribution in [1.29, 1.82) is 0 Å². The molecule has 1 aromatic heterocycles. The molecule has 1 fully saturated rings. The van der Waals surface area contributed by atoms with Crippen molar-refractivity contribution in [2.24, 2.45) is 15.8 Å². The van der Waals surface area contributed by atoms with Gasteiger partial charge in [-0.05, 0) is 36.8 Å². The van der Waals surface area contributed by atoms with Crippen LogP contribution in [0.15, 0.2) is 40.6 Å². The van der Waals surface area contributed by atoms with Gasteiger partial charge in [-0.15, -0.1) is 0 Å². The molecule has 3 aliphatic rings. The average Bonchev–Trinajstić information content (AvgIpc) is 3.18. The minimum Gasteiger partial charge on any atom is -0.364 e. The molecule has 7 heteroatoms. The molecular formula is C15H20N7+. The van der Waals surface area contributed by atoms with Crippen LogP contribution in [0.1, 0.15) is 37.7 Å². The zero-order valence-corrected chi connectivity index (χ0v) is 12.4. The summed E-state index contributed by atoms with van der Waals surface area (Å²) >= 11 is 0. The van der Waals surface area contributed by atoms with Crippen molar-refractivity contribution in [2.75, 3.05) is 0 Å². The van der Waals surface area contributed by atoms with Gasteiger partial charge in [0.2, 0.25) is 5.70 Å². The number of azo groups is 2. The van der Waals surface area contributed by atoms with E-state index >= 15 is 0 Å². The van der Waals surface area contributed by atoms with E-state index in [1.54, 1.807) is 6.20 Å². The van der Waals surface area contributed by atoms with Crippen LogP contribution in [0.2, 0.25) is 0 Å². The molecule has 0 spiro atoms. The summed E-state index contributed by atoms with van der Waals surface area (Å²) < 4.78 is 1.90. The summed E-state index contributed by atoms with van der Waals surface area (Å²) in [6, 6.07) is 0.834. The number of nitrogens with two attached hydrogens (primary N) is 1. The van der Waals surface area contributed by atoms with E-state index in [1.807, 2.05) is 17.1 Å². The molecule has 1 aromatic rings. The molecule has 0 amide bonds. The smallest absolute Gasteiger partial charge is 0.328 e. The maximum atomic E-state index is 5.97. The lowest BCUT2D eigenvalue weighted by molar-refractivity contribution is -0.379. The molecule has 3 heterocycles. The van der Waals surface area contributed by atoms with E-state index in [1.165, 1.54) is 0 Å². The Labute approximate surface area is 128 Å². The van der Waals surface area contributed by atoms with Crippen LogP contribution in [-0.4, -0.2) is 32.8 Å². The molecule has 0 saturated heterocycles. The fourth-order valence-corrected chi connectivity index (χ4v) is 3.12. The molecule has 2 aliphatic heterocycles. The van der Waals surface area contributed by atoms with Gasteiger partial charge in [-0.2, -0.15) is 5.10 Å². The van der Waals surface area contributed by atoms with Gasteiger partial charge < -0.3 is 11.1 Å². The first-order valence-electron chi connectivity index (χ1n) is 7.79. The average molecular weight is 298 g/mol. The number of aromatic nitrogens is 2. The zero-order valence-electron chi connectivity index (χ0n) is 12.4. The van der Waals surface area contributed by atoms with E-state index in [4.69, 9.17) is 10.8 Å². The largest absolute Gasteiger partial charge is 0.364 e. The number of aliphatic imine (C=N–C) groups is 1. The highest BCUT2D eigenvalue weighted by molar-refractivity contribution is 5.85. The lowest BCUT2D eigenvalue weighted by Gasteiger charge is -2.27. The Morgan fingerprint density at radius 3 is 2.91 bits per heavy atom.